The van der Waals surface area contributed by atoms with Crippen LogP contribution >= 0.6 is 0 Å². The third-order valence-corrected chi connectivity index (χ3v) is 2.91. The number of methoxy groups -OCH3 is 1. The second-order valence-electron chi connectivity index (χ2n) is 4.15. The van der Waals surface area contributed by atoms with Gasteiger partial charge in [0.05, 0.1) is 12.7 Å². The van der Waals surface area contributed by atoms with Crippen LogP contribution in [0.3, 0.4) is 0 Å². The largest absolute Gasteiger partial charge is 0.497 e. The van der Waals surface area contributed by atoms with Gasteiger partial charge in [-0.25, -0.2) is 8.78 Å². The molecule has 2 nitrogen and oxygen atoms in total. The molecule has 0 heterocycles. The topological polar surface area (TPSA) is 21.3 Å². The summed E-state index contributed by atoms with van der Waals surface area (Å²) in [5.41, 5.74) is 1.31. The molecular weight excluding hydrogens is 248 g/mol. The van der Waals surface area contributed by atoms with Crippen molar-refractivity contribution in [3.8, 4) is 16.9 Å². The molecule has 0 amide bonds. The molecule has 0 aliphatic carbocycles. The molecule has 0 aromatic heterocycles. The summed E-state index contributed by atoms with van der Waals surface area (Å²) in [6.07, 6.45) is 0. The minimum absolute atomic E-state index is 0.00426. The zero-order valence-electron chi connectivity index (χ0n) is 10.8. The highest BCUT2D eigenvalue weighted by Gasteiger charge is 2.14. The molecule has 0 radical (unpaired) electrons. The van der Waals surface area contributed by atoms with Gasteiger partial charge in [0, 0.05) is 6.54 Å². The highest BCUT2D eigenvalue weighted by atomic mass is 19.1. The van der Waals surface area contributed by atoms with E-state index in [0.29, 0.717) is 17.9 Å². The number of nitrogens with one attached hydrogen (secondary N) is 1. The van der Waals surface area contributed by atoms with Crippen LogP contribution in [0.4, 0.5) is 8.78 Å². The van der Waals surface area contributed by atoms with E-state index >= 15 is 0 Å². The van der Waals surface area contributed by atoms with Gasteiger partial charge in [-0.15, -0.1) is 0 Å². The lowest BCUT2D eigenvalue weighted by atomic mass is 9.98. The molecule has 2 rings (SSSR count). The maximum atomic E-state index is 13.8. The van der Waals surface area contributed by atoms with Gasteiger partial charge in [0.2, 0.25) is 0 Å². The molecule has 2 aromatic carbocycles. The Hall–Kier alpha value is -1.94. The molecule has 0 fully saturated rings. The molecule has 4 heteroatoms. The van der Waals surface area contributed by atoms with Crippen molar-refractivity contribution in [2.24, 2.45) is 0 Å². The van der Waals surface area contributed by atoms with Crippen LogP contribution in [0.1, 0.15) is 5.56 Å². The van der Waals surface area contributed by atoms with Crippen LogP contribution in [-0.2, 0) is 6.54 Å². The van der Waals surface area contributed by atoms with E-state index in [9.17, 15) is 8.78 Å². The molecule has 0 aliphatic rings. The number of benzene rings is 2. The van der Waals surface area contributed by atoms with Gasteiger partial charge in [-0.05, 0) is 42.4 Å². The molecule has 0 unspecified atom stereocenters. The Morgan fingerprint density at radius 3 is 2.37 bits per heavy atom. The number of hydrogen-bond acceptors (Lipinski definition) is 2. The van der Waals surface area contributed by atoms with Crippen molar-refractivity contribution < 1.29 is 13.5 Å². The first-order chi connectivity index (χ1) is 9.17. The number of hydrogen-bond donors (Lipinski definition) is 1. The Morgan fingerprint density at radius 2 is 1.79 bits per heavy atom. The van der Waals surface area contributed by atoms with Crippen LogP contribution in [0, 0.1) is 11.6 Å². The summed E-state index contributed by atoms with van der Waals surface area (Å²) in [4.78, 5) is 0. The lowest BCUT2D eigenvalue weighted by Gasteiger charge is -2.13. The van der Waals surface area contributed by atoms with Crippen molar-refractivity contribution in [3.05, 3.63) is 53.6 Å². The monoisotopic (exact) mass is 263 g/mol. The summed E-state index contributed by atoms with van der Waals surface area (Å²) < 4.78 is 32.8. The van der Waals surface area contributed by atoms with Crippen molar-refractivity contribution in [2.75, 3.05) is 14.2 Å². The molecule has 0 aliphatic heterocycles. The fourth-order valence-electron chi connectivity index (χ4n) is 2.03. The summed E-state index contributed by atoms with van der Waals surface area (Å²) in [5, 5.41) is 2.98. The maximum absolute atomic E-state index is 13.8. The first-order valence-corrected chi connectivity index (χ1v) is 5.93. The minimum atomic E-state index is -0.567. The Bertz CT molecular complexity index is 564. The average Bonchev–Trinajstić information content (AvgIpc) is 2.40. The van der Waals surface area contributed by atoms with Crippen LogP contribution in [-0.4, -0.2) is 14.2 Å². The lowest BCUT2D eigenvalue weighted by Crippen LogP contribution is -2.07. The molecule has 0 atom stereocenters. The number of ether oxygens (including phenoxy) is 1. The first-order valence-electron chi connectivity index (χ1n) is 5.93. The fourth-order valence-corrected chi connectivity index (χ4v) is 2.03. The lowest BCUT2D eigenvalue weighted by molar-refractivity contribution is 0.414. The molecule has 0 bridgehead atoms. The van der Waals surface area contributed by atoms with Crippen molar-refractivity contribution >= 4 is 0 Å². The number of halogens is 2. The molecular formula is C15H15F2NO. The summed E-state index contributed by atoms with van der Waals surface area (Å²) in [5.74, 6) is -0.476. The van der Waals surface area contributed by atoms with E-state index in [4.69, 9.17) is 4.74 Å². The van der Waals surface area contributed by atoms with Gasteiger partial charge < -0.3 is 10.1 Å². The maximum Gasteiger partial charge on any atom is 0.133 e. The van der Waals surface area contributed by atoms with E-state index in [2.05, 4.69) is 5.32 Å². The molecule has 1 N–H and O–H groups in total. The summed E-state index contributed by atoms with van der Waals surface area (Å²) in [7, 11) is 3.34. The highest BCUT2D eigenvalue weighted by Crippen LogP contribution is 2.31. The van der Waals surface area contributed by atoms with Crippen molar-refractivity contribution in [1.82, 2.24) is 5.32 Å². The summed E-state index contributed by atoms with van der Waals surface area (Å²) in [6, 6.07) is 9.01. The van der Waals surface area contributed by atoms with E-state index in [1.165, 1.54) is 18.2 Å². The van der Waals surface area contributed by atoms with E-state index in [1.54, 1.807) is 32.4 Å². The second-order valence-corrected chi connectivity index (χ2v) is 4.15. The van der Waals surface area contributed by atoms with Crippen molar-refractivity contribution in [3.63, 3.8) is 0 Å². The highest BCUT2D eigenvalue weighted by molar-refractivity contribution is 5.69. The number of rotatable bonds is 4. The normalized spacial score (nSPS) is 10.5. The molecule has 0 spiro atoms. The Balaban J connectivity index is 2.61. The molecule has 100 valence electrons. The minimum Gasteiger partial charge on any atom is -0.497 e. The van der Waals surface area contributed by atoms with Gasteiger partial charge in [-0.3, -0.25) is 0 Å². The van der Waals surface area contributed by atoms with Crippen molar-refractivity contribution in [1.29, 1.82) is 0 Å². The van der Waals surface area contributed by atoms with Gasteiger partial charge in [0.25, 0.3) is 0 Å². The van der Waals surface area contributed by atoms with E-state index in [0.717, 1.165) is 5.56 Å². The molecule has 19 heavy (non-hydrogen) atoms. The van der Waals surface area contributed by atoms with Crippen molar-refractivity contribution in [2.45, 2.75) is 6.54 Å². The smallest absolute Gasteiger partial charge is 0.133 e. The Morgan fingerprint density at radius 1 is 1.11 bits per heavy atom. The summed E-state index contributed by atoms with van der Waals surface area (Å²) in [6.45, 7) is 0.500. The van der Waals surface area contributed by atoms with Gasteiger partial charge in [0.1, 0.15) is 17.4 Å². The van der Waals surface area contributed by atoms with Gasteiger partial charge in [0.15, 0.2) is 0 Å². The third kappa shape index (κ3) is 2.74. The van der Waals surface area contributed by atoms with Crippen LogP contribution < -0.4 is 10.1 Å². The predicted octanol–water partition coefficient (Wildman–Crippen LogP) is 3.36. The zero-order valence-corrected chi connectivity index (χ0v) is 10.8. The zero-order chi connectivity index (χ0) is 13.8. The molecule has 0 saturated heterocycles. The Kier molecular flexibility index (Phi) is 4.12. The standard InChI is InChI=1S/C15H15F2NO/c1-18-9-10-8-11(19-2)6-7-12(10)15-13(16)4-3-5-14(15)17/h3-8,18H,9H2,1-2H3. The SMILES string of the molecule is CNCc1cc(OC)ccc1-c1c(F)cccc1F. The van der Waals surface area contributed by atoms with Crippen LogP contribution in [0.5, 0.6) is 5.75 Å². The summed E-state index contributed by atoms with van der Waals surface area (Å²) >= 11 is 0. The van der Waals surface area contributed by atoms with Gasteiger partial charge in [-0.1, -0.05) is 12.1 Å². The average molecular weight is 263 g/mol. The van der Waals surface area contributed by atoms with Crippen LogP contribution in [0.2, 0.25) is 0 Å². The quantitative estimate of drug-likeness (QED) is 0.913. The second kappa shape index (κ2) is 5.80. The van der Waals surface area contributed by atoms with E-state index in [-0.39, 0.29) is 5.56 Å². The van der Waals surface area contributed by atoms with E-state index in [1.807, 2.05) is 0 Å². The first kappa shape index (κ1) is 13.5. The van der Waals surface area contributed by atoms with Crippen LogP contribution in [0.15, 0.2) is 36.4 Å². The van der Waals surface area contributed by atoms with Gasteiger partial charge >= 0.3 is 0 Å². The van der Waals surface area contributed by atoms with E-state index < -0.39 is 11.6 Å². The van der Waals surface area contributed by atoms with Crippen LogP contribution in [0.25, 0.3) is 11.1 Å². The third-order valence-electron chi connectivity index (χ3n) is 2.91. The predicted molar refractivity (Wildman–Crippen MR) is 71.1 cm³/mol. The fraction of sp³-hybridized carbons (Fsp3) is 0.200. The van der Waals surface area contributed by atoms with Gasteiger partial charge in [-0.2, -0.15) is 0 Å². The molecule has 2 aromatic rings. The molecule has 0 saturated carbocycles. The Labute approximate surface area is 111 Å².